The van der Waals surface area contributed by atoms with Crippen LogP contribution in [0.4, 0.5) is 0 Å². The Labute approximate surface area is 168 Å². The second-order valence-corrected chi connectivity index (χ2v) is 7.59. The molecule has 0 radical (unpaired) electrons. The standard InChI is InChI=1S/C27H16O2/c28-25-19-11-3-7-15-23(19)27(24-16-8-4-12-20(24)26(25)29)21-13-5-1-9-17(21)18-10-2-6-14-22(18)27/h1-16H. The molecule has 0 fully saturated rings. The van der Waals surface area contributed by atoms with E-state index in [-0.39, 0.29) is 0 Å². The summed E-state index contributed by atoms with van der Waals surface area (Å²) in [4.78, 5) is 26.4. The molecular weight excluding hydrogens is 356 g/mol. The highest BCUT2D eigenvalue weighted by Crippen LogP contribution is 2.58. The van der Waals surface area contributed by atoms with Crippen molar-refractivity contribution in [3.05, 3.63) is 130 Å². The number of fused-ring (bicyclic) bond motifs is 9. The van der Waals surface area contributed by atoms with Gasteiger partial charge in [0, 0.05) is 11.1 Å². The largest absolute Gasteiger partial charge is 0.285 e. The molecule has 4 aromatic carbocycles. The third-order valence-electron chi connectivity index (χ3n) is 6.31. The molecule has 6 rings (SSSR count). The van der Waals surface area contributed by atoms with Crippen LogP contribution >= 0.6 is 0 Å². The summed E-state index contributed by atoms with van der Waals surface area (Å²) in [6.07, 6.45) is 0. The van der Waals surface area contributed by atoms with Gasteiger partial charge in [0.2, 0.25) is 11.6 Å². The maximum atomic E-state index is 13.2. The first-order chi connectivity index (χ1) is 14.2. The summed E-state index contributed by atoms with van der Waals surface area (Å²) in [7, 11) is 0. The molecule has 0 atom stereocenters. The maximum Gasteiger partial charge on any atom is 0.233 e. The molecule has 0 saturated heterocycles. The van der Waals surface area contributed by atoms with Gasteiger partial charge in [0.05, 0.1) is 5.41 Å². The van der Waals surface area contributed by atoms with Crippen molar-refractivity contribution in [1.82, 2.24) is 0 Å². The average Bonchev–Trinajstić information content (AvgIpc) is 3.05. The Kier molecular flexibility index (Phi) is 3.14. The van der Waals surface area contributed by atoms with E-state index in [2.05, 4.69) is 24.3 Å². The Morgan fingerprint density at radius 1 is 0.379 bits per heavy atom. The van der Waals surface area contributed by atoms with Gasteiger partial charge in [-0.2, -0.15) is 0 Å². The van der Waals surface area contributed by atoms with Gasteiger partial charge >= 0.3 is 0 Å². The molecule has 1 spiro atoms. The van der Waals surface area contributed by atoms with Crippen LogP contribution in [-0.2, 0) is 5.41 Å². The molecule has 0 heterocycles. The molecule has 29 heavy (non-hydrogen) atoms. The molecule has 0 aromatic heterocycles. The third-order valence-corrected chi connectivity index (χ3v) is 6.31. The van der Waals surface area contributed by atoms with Crippen molar-refractivity contribution in [2.75, 3.05) is 0 Å². The van der Waals surface area contributed by atoms with E-state index >= 15 is 0 Å². The Balaban J connectivity index is 1.91. The van der Waals surface area contributed by atoms with Crippen LogP contribution in [-0.4, -0.2) is 11.6 Å². The van der Waals surface area contributed by atoms with Gasteiger partial charge in [0.25, 0.3) is 0 Å². The van der Waals surface area contributed by atoms with Crippen molar-refractivity contribution in [1.29, 1.82) is 0 Å². The van der Waals surface area contributed by atoms with Gasteiger partial charge in [-0.05, 0) is 33.4 Å². The quantitative estimate of drug-likeness (QED) is 0.340. The molecule has 136 valence electrons. The fourth-order valence-electron chi connectivity index (χ4n) is 5.22. The number of hydrogen-bond donors (Lipinski definition) is 0. The van der Waals surface area contributed by atoms with Crippen molar-refractivity contribution >= 4 is 11.6 Å². The molecule has 0 amide bonds. The number of benzene rings is 4. The SMILES string of the molecule is O=C1C(=O)c2ccccc2C2(c3ccccc31)c1ccccc1-c1ccccc12. The highest BCUT2D eigenvalue weighted by molar-refractivity contribution is 6.50. The summed E-state index contributed by atoms with van der Waals surface area (Å²) >= 11 is 0. The molecule has 0 unspecified atom stereocenters. The Hall–Kier alpha value is -3.78. The number of Topliss-reactive ketones (excluding diaryl/α,β-unsaturated/α-hetero) is 2. The van der Waals surface area contributed by atoms with Crippen molar-refractivity contribution in [2.45, 2.75) is 5.41 Å². The summed E-state index contributed by atoms with van der Waals surface area (Å²) in [6.45, 7) is 0. The van der Waals surface area contributed by atoms with Crippen LogP contribution in [0.1, 0.15) is 43.0 Å². The van der Waals surface area contributed by atoms with Gasteiger partial charge in [0.1, 0.15) is 0 Å². The van der Waals surface area contributed by atoms with E-state index in [1.807, 2.05) is 60.7 Å². The molecular formula is C27H16O2. The molecule has 2 nitrogen and oxygen atoms in total. The van der Waals surface area contributed by atoms with E-state index in [1.54, 1.807) is 12.1 Å². The van der Waals surface area contributed by atoms with Crippen molar-refractivity contribution < 1.29 is 9.59 Å². The summed E-state index contributed by atoms with van der Waals surface area (Å²) in [5.41, 5.74) is 6.56. The number of carbonyl (C=O) groups excluding carboxylic acids is 2. The lowest BCUT2D eigenvalue weighted by atomic mass is 9.66. The van der Waals surface area contributed by atoms with Gasteiger partial charge in [-0.15, -0.1) is 0 Å². The van der Waals surface area contributed by atoms with Crippen molar-refractivity contribution in [3.63, 3.8) is 0 Å². The predicted octanol–water partition coefficient (Wildman–Crippen LogP) is 5.43. The summed E-state index contributed by atoms with van der Waals surface area (Å²) in [5.74, 6) is -0.876. The highest BCUT2D eigenvalue weighted by atomic mass is 16.2. The van der Waals surface area contributed by atoms with E-state index < -0.39 is 17.0 Å². The van der Waals surface area contributed by atoms with Gasteiger partial charge in [-0.1, -0.05) is 97.1 Å². The van der Waals surface area contributed by atoms with Gasteiger partial charge in [-0.3, -0.25) is 9.59 Å². The molecule has 0 N–H and O–H groups in total. The Morgan fingerprint density at radius 3 is 1.03 bits per heavy atom. The molecule has 2 heteroatoms. The van der Waals surface area contributed by atoms with Crippen LogP contribution in [0.15, 0.2) is 97.1 Å². The first-order valence-electron chi connectivity index (χ1n) is 9.72. The molecule has 0 saturated carbocycles. The minimum absolute atomic E-state index is 0.438. The summed E-state index contributed by atoms with van der Waals surface area (Å²) in [5, 5.41) is 0. The Bertz CT molecular complexity index is 1240. The van der Waals surface area contributed by atoms with Crippen LogP contribution in [0.2, 0.25) is 0 Å². The third kappa shape index (κ3) is 1.86. The second-order valence-electron chi connectivity index (χ2n) is 7.59. The van der Waals surface area contributed by atoms with Crippen LogP contribution in [0.3, 0.4) is 0 Å². The van der Waals surface area contributed by atoms with Crippen LogP contribution in [0.25, 0.3) is 11.1 Å². The summed E-state index contributed by atoms with van der Waals surface area (Å²) < 4.78 is 0. The average molecular weight is 372 g/mol. The van der Waals surface area contributed by atoms with Gasteiger partial charge in [-0.25, -0.2) is 0 Å². The van der Waals surface area contributed by atoms with E-state index in [0.29, 0.717) is 11.1 Å². The molecule has 0 aliphatic heterocycles. The van der Waals surface area contributed by atoms with Crippen LogP contribution in [0, 0.1) is 0 Å². The fourth-order valence-corrected chi connectivity index (χ4v) is 5.22. The summed E-state index contributed by atoms with van der Waals surface area (Å²) in [6, 6.07) is 31.8. The van der Waals surface area contributed by atoms with E-state index in [4.69, 9.17) is 0 Å². The van der Waals surface area contributed by atoms with Crippen molar-refractivity contribution in [3.8, 4) is 11.1 Å². The minimum Gasteiger partial charge on any atom is -0.285 e. The zero-order chi connectivity index (χ0) is 19.6. The monoisotopic (exact) mass is 372 g/mol. The molecule has 0 bridgehead atoms. The number of ketones is 2. The number of rotatable bonds is 0. The zero-order valence-corrected chi connectivity index (χ0v) is 15.6. The lowest BCUT2D eigenvalue weighted by molar-refractivity contribution is 0.0817. The highest BCUT2D eigenvalue weighted by Gasteiger charge is 2.51. The molecule has 4 aromatic rings. The smallest absolute Gasteiger partial charge is 0.233 e. The molecule has 2 aliphatic rings. The topological polar surface area (TPSA) is 34.1 Å². The zero-order valence-electron chi connectivity index (χ0n) is 15.6. The van der Waals surface area contributed by atoms with Crippen LogP contribution < -0.4 is 0 Å². The predicted molar refractivity (Wildman–Crippen MR) is 112 cm³/mol. The van der Waals surface area contributed by atoms with Gasteiger partial charge in [0.15, 0.2) is 0 Å². The lowest BCUT2D eigenvalue weighted by Gasteiger charge is -2.34. The minimum atomic E-state index is -0.692. The fraction of sp³-hybridized carbons (Fsp3) is 0.0370. The Morgan fingerprint density at radius 2 is 0.655 bits per heavy atom. The van der Waals surface area contributed by atoms with Crippen molar-refractivity contribution in [2.24, 2.45) is 0 Å². The normalized spacial score (nSPS) is 15.3. The number of carbonyl (C=O) groups is 2. The van der Waals surface area contributed by atoms with Gasteiger partial charge < -0.3 is 0 Å². The maximum absolute atomic E-state index is 13.2. The first kappa shape index (κ1) is 16.2. The molecule has 2 aliphatic carbocycles. The van der Waals surface area contributed by atoms with E-state index in [9.17, 15) is 9.59 Å². The van der Waals surface area contributed by atoms with E-state index in [0.717, 1.165) is 33.4 Å². The van der Waals surface area contributed by atoms with E-state index in [1.165, 1.54) is 0 Å². The first-order valence-corrected chi connectivity index (χ1v) is 9.72. The van der Waals surface area contributed by atoms with Crippen LogP contribution in [0.5, 0.6) is 0 Å². The lowest BCUT2D eigenvalue weighted by Crippen LogP contribution is -2.30. The second kappa shape index (κ2) is 5.62. The number of hydrogen-bond acceptors (Lipinski definition) is 2.